The summed E-state index contributed by atoms with van der Waals surface area (Å²) in [5, 5.41) is 3.14. The lowest BCUT2D eigenvalue weighted by Crippen LogP contribution is -2.39. The fourth-order valence-corrected chi connectivity index (χ4v) is 6.36. The smallest absolute Gasteiger partial charge is 0.251 e. The van der Waals surface area contributed by atoms with Crippen molar-refractivity contribution in [2.45, 2.75) is 56.4 Å². The Bertz CT molecular complexity index is 784. The summed E-state index contributed by atoms with van der Waals surface area (Å²) in [6, 6.07) is 6.78. The average Bonchev–Trinajstić information content (AvgIpc) is 3.25. The average molecular weight is 377 g/mol. The van der Waals surface area contributed by atoms with Crippen molar-refractivity contribution >= 4 is 15.9 Å². The van der Waals surface area contributed by atoms with Gasteiger partial charge >= 0.3 is 0 Å². The largest absolute Gasteiger partial charge is 0.349 e. The number of fused-ring (bicyclic) bond motifs is 2. The Morgan fingerprint density at radius 3 is 2.54 bits per heavy atom. The zero-order valence-corrected chi connectivity index (χ0v) is 16.2. The van der Waals surface area contributed by atoms with Crippen LogP contribution in [0, 0.1) is 17.8 Å². The van der Waals surface area contributed by atoms with E-state index in [0.29, 0.717) is 30.5 Å². The third-order valence-corrected chi connectivity index (χ3v) is 8.43. The third-order valence-electron chi connectivity index (χ3n) is 6.53. The van der Waals surface area contributed by atoms with E-state index in [1.54, 1.807) is 22.5 Å². The highest BCUT2D eigenvalue weighted by atomic mass is 32.2. The van der Waals surface area contributed by atoms with Gasteiger partial charge in [0, 0.05) is 24.7 Å². The molecule has 1 saturated heterocycles. The summed E-state index contributed by atoms with van der Waals surface area (Å²) in [5.74, 6) is 1.79. The van der Waals surface area contributed by atoms with Crippen LogP contribution in [0.3, 0.4) is 0 Å². The van der Waals surface area contributed by atoms with E-state index in [2.05, 4.69) is 12.2 Å². The maximum Gasteiger partial charge on any atom is 0.251 e. The second-order valence-electron chi connectivity index (χ2n) is 8.37. The van der Waals surface area contributed by atoms with Crippen LogP contribution in [0.2, 0.25) is 0 Å². The molecule has 2 saturated carbocycles. The number of hydrogen-bond donors (Lipinski definition) is 1. The van der Waals surface area contributed by atoms with Gasteiger partial charge in [-0.3, -0.25) is 4.79 Å². The number of benzene rings is 1. The predicted octanol–water partition coefficient (Wildman–Crippen LogP) is 3.03. The molecular formula is C20H28N2O3S. The molecule has 1 aliphatic heterocycles. The van der Waals surface area contributed by atoms with Crippen molar-refractivity contribution in [2.24, 2.45) is 17.8 Å². The fourth-order valence-electron chi connectivity index (χ4n) is 4.85. The third kappa shape index (κ3) is 3.41. The predicted molar refractivity (Wildman–Crippen MR) is 100 cm³/mol. The Morgan fingerprint density at radius 1 is 1.12 bits per heavy atom. The molecule has 2 bridgehead atoms. The van der Waals surface area contributed by atoms with E-state index in [-0.39, 0.29) is 16.8 Å². The van der Waals surface area contributed by atoms with E-state index in [0.717, 1.165) is 25.2 Å². The van der Waals surface area contributed by atoms with Crippen molar-refractivity contribution in [1.29, 1.82) is 0 Å². The van der Waals surface area contributed by atoms with Gasteiger partial charge in [0.2, 0.25) is 10.0 Å². The second kappa shape index (κ2) is 6.97. The first-order chi connectivity index (χ1) is 12.4. The Kier molecular flexibility index (Phi) is 4.82. The molecule has 1 N–H and O–H groups in total. The number of carbonyl (C=O) groups excluding carboxylic acids is 1. The van der Waals surface area contributed by atoms with Gasteiger partial charge in [-0.1, -0.05) is 19.4 Å². The van der Waals surface area contributed by atoms with Crippen LogP contribution in [-0.4, -0.2) is 37.8 Å². The minimum atomic E-state index is -3.52. The molecule has 0 spiro atoms. The summed E-state index contributed by atoms with van der Waals surface area (Å²) in [6.07, 6.45) is 6.58. The molecule has 1 amide bonds. The molecule has 3 unspecified atom stereocenters. The van der Waals surface area contributed by atoms with Crippen molar-refractivity contribution in [2.75, 3.05) is 13.1 Å². The Hall–Kier alpha value is -1.40. The van der Waals surface area contributed by atoms with Crippen molar-refractivity contribution in [3.63, 3.8) is 0 Å². The van der Waals surface area contributed by atoms with Gasteiger partial charge in [0.15, 0.2) is 0 Å². The summed E-state index contributed by atoms with van der Waals surface area (Å²) in [6.45, 7) is 3.28. The number of hydrogen-bond acceptors (Lipinski definition) is 3. The Labute approximate surface area is 156 Å². The topological polar surface area (TPSA) is 66.5 Å². The summed E-state index contributed by atoms with van der Waals surface area (Å²) >= 11 is 0. The number of sulfonamides is 1. The lowest BCUT2D eigenvalue weighted by Gasteiger charge is -2.29. The van der Waals surface area contributed by atoms with Crippen LogP contribution in [0.25, 0.3) is 0 Å². The highest BCUT2D eigenvalue weighted by Crippen LogP contribution is 2.44. The molecule has 2 aliphatic carbocycles. The number of piperidine rings is 1. The zero-order valence-electron chi connectivity index (χ0n) is 15.4. The normalized spacial score (nSPS) is 29.8. The summed E-state index contributed by atoms with van der Waals surface area (Å²) in [4.78, 5) is 12.9. The number of amides is 1. The van der Waals surface area contributed by atoms with Crippen molar-refractivity contribution in [3.8, 4) is 0 Å². The van der Waals surface area contributed by atoms with Crippen LogP contribution in [-0.2, 0) is 10.0 Å². The van der Waals surface area contributed by atoms with Crippen molar-refractivity contribution < 1.29 is 13.2 Å². The number of rotatable bonds is 4. The van der Waals surface area contributed by atoms with Crippen LogP contribution in [0.5, 0.6) is 0 Å². The Balaban J connectivity index is 1.48. The SMILES string of the molecule is CC1CCN(S(=O)(=O)c2cccc(C(=O)NC3CC4CCC3C4)c2)CC1. The van der Waals surface area contributed by atoms with E-state index in [1.165, 1.54) is 25.3 Å². The van der Waals surface area contributed by atoms with Gasteiger partial charge in [-0.05, 0) is 68.1 Å². The molecule has 0 radical (unpaired) electrons. The van der Waals surface area contributed by atoms with Crippen LogP contribution in [0.15, 0.2) is 29.2 Å². The lowest BCUT2D eigenvalue weighted by molar-refractivity contribution is 0.0922. The van der Waals surface area contributed by atoms with E-state index in [1.807, 2.05) is 0 Å². The number of nitrogens with zero attached hydrogens (tertiary/aromatic N) is 1. The van der Waals surface area contributed by atoms with Crippen LogP contribution in [0.1, 0.15) is 55.8 Å². The molecule has 5 nitrogen and oxygen atoms in total. The molecule has 1 heterocycles. The van der Waals surface area contributed by atoms with Crippen LogP contribution >= 0.6 is 0 Å². The van der Waals surface area contributed by atoms with E-state index < -0.39 is 10.0 Å². The molecule has 1 aromatic rings. The van der Waals surface area contributed by atoms with Crippen molar-refractivity contribution in [3.05, 3.63) is 29.8 Å². The van der Waals surface area contributed by atoms with Gasteiger partial charge in [0.1, 0.15) is 0 Å². The molecule has 142 valence electrons. The maximum absolute atomic E-state index is 12.9. The fraction of sp³-hybridized carbons (Fsp3) is 0.650. The zero-order chi connectivity index (χ0) is 18.3. The molecule has 4 rings (SSSR count). The first-order valence-corrected chi connectivity index (χ1v) is 11.3. The Morgan fingerprint density at radius 2 is 1.88 bits per heavy atom. The highest BCUT2D eigenvalue weighted by molar-refractivity contribution is 7.89. The first-order valence-electron chi connectivity index (χ1n) is 9.84. The monoisotopic (exact) mass is 376 g/mol. The maximum atomic E-state index is 12.9. The summed E-state index contributed by atoms with van der Waals surface area (Å²) in [5.41, 5.74) is 0.444. The van der Waals surface area contributed by atoms with Crippen LogP contribution < -0.4 is 5.32 Å². The molecule has 26 heavy (non-hydrogen) atoms. The van der Waals surface area contributed by atoms with Crippen LogP contribution in [0.4, 0.5) is 0 Å². The minimum Gasteiger partial charge on any atom is -0.349 e. The van der Waals surface area contributed by atoms with Gasteiger partial charge in [0.25, 0.3) is 5.91 Å². The molecule has 3 fully saturated rings. The molecule has 3 atom stereocenters. The highest BCUT2D eigenvalue weighted by Gasteiger charge is 2.40. The molecule has 3 aliphatic rings. The van der Waals surface area contributed by atoms with Gasteiger partial charge in [0.05, 0.1) is 4.90 Å². The van der Waals surface area contributed by atoms with Gasteiger partial charge in [-0.15, -0.1) is 0 Å². The van der Waals surface area contributed by atoms with Gasteiger partial charge < -0.3 is 5.32 Å². The van der Waals surface area contributed by atoms with Gasteiger partial charge in [-0.2, -0.15) is 4.31 Å². The quantitative estimate of drug-likeness (QED) is 0.878. The minimum absolute atomic E-state index is 0.146. The molecule has 1 aromatic carbocycles. The molecule has 0 aromatic heterocycles. The standard InChI is InChI=1S/C20H28N2O3S/c1-14-7-9-22(10-8-14)26(24,25)18-4-2-3-17(13-18)20(23)21-19-12-15-5-6-16(19)11-15/h2-4,13-16,19H,5-12H2,1H3,(H,21,23). The van der Waals surface area contributed by atoms with Crippen molar-refractivity contribution in [1.82, 2.24) is 9.62 Å². The number of nitrogens with one attached hydrogen (secondary N) is 1. The first kappa shape index (κ1) is 18.0. The van der Waals surface area contributed by atoms with Gasteiger partial charge in [-0.25, -0.2) is 8.42 Å². The molecular weight excluding hydrogens is 348 g/mol. The van der Waals surface area contributed by atoms with E-state index in [9.17, 15) is 13.2 Å². The second-order valence-corrected chi connectivity index (χ2v) is 10.3. The van der Waals surface area contributed by atoms with E-state index in [4.69, 9.17) is 0 Å². The lowest BCUT2D eigenvalue weighted by atomic mass is 9.95. The molecule has 6 heteroatoms. The van der Waals surface area contributed by atoms with E-state index >= 15 is 0 Å². The summed E-state index contributed by atoms with van der Waals surface area (Å²) in [7, 11) is -3.52. The summed E-state index contributed by atoms with van der Waals surface area (Å²) < 4.78 is 27.4. The number of carbonyl (C=O) groups is 1.